The summed E-state index contributed by atoms with van der Waals surface area (Å²) in [5, 5.41) is 25.5. The van der Waals surface area contributed by atoms with Crippen molar-refractivity contribution in [2.45, 2.75) is 12.6 Å². The molecule has 2 N–H and O–H groups in total. The Morgan fingerprint density at radius 1 is 1.40 bits per heavy atom. The van der Waals surface area contributed by atoms with E-state index in [4.69, 9.17) is 14.5 Å². The van der Waals surface area contributed by atoms with Crippen molar-refractivity contribution >= 4 is 0 Å². The zero-order chi connectivity index (χ0) is 14.2. The topological polar surface area (TPSA) is 91.3 Å². The summed E-state index contributed by atoms with van der Waals surface area (Å²) in [5.74, 6) is 0.477. The molecule has 1 unspecified atom stereocenters. The van der Waals surface area contributed by atoms with Gasteiger partial charge in [0.2, 0.25) is 0 Å². The van der Waals surface area contributed by atoms with E-state index in [1.165, 1.54) is 6.26 Å². The first kappa shape index (κ1) is 14.1. The van der Waals surface area contributed by atoms with Crippen LogP contribution in [-0.2, 0) is 6.54 Å². The van der Waals surface area contributed by atoms with Crippen LogP contribution in [0.15, 0.2) is 41.1 Å². The smallest absolute Gasteiger partial charge is 0.137 e. The van der Waals surface area contributed by atoms with E-state index in [0.717, 1.165) is 5.69 Å². The van der Waals surface area contributed by atoms with Crippen LogP contribution in [0, 0.1) is 11.3 Å². The first-order valence-corrected chi connectivity index (χ1v) is 6.19. The van der Waals surface area contributed by atoms with Crippen molar-refractivity contribution in [2.75, 3.05) is 13.2 Å². The standard InChI is InChI=1S/C14H15N3O3/c15-7-11-3-1-2-4-14(11)19-10-13(18)9-16-8-12-5-6-20-17-12/h1-6,13,16,18H,8-10H2. The van der Waals surface area contributed by atoms with Crippen LogP contribution < -0.4 is 10.1 Å². The second kappa shape index (κ2) is 7.28. The number of aliphatic hydroxyl groups is 1. The molecule has 0 spiro atoms. The van der Waals surface area contributed by atoms with Crippen molar-refractivity contribution in [2.24, 2.45) is 0 Å². The Hall–Kier alpha value is -2.36. The molecule has 1 aromatic carbocycles. The Bertz CT molecular complexity index is 563. The van der Waals surface area contributed by atoms with Crippen LogP contribution in [0.25, 0.3) is 0 Å². The van der Waals surface area contributed by atoms with Gasteiger partial charge in [0.25, 0.3) is 0 Å². The zero-order valence-electron chi connectivity index (χ0n) is 10.8. The molecule has 0 radical (unpaired) electrons. The van der Waals surface area contributed by atoms with E-state index in [2.05, 4.69) is 10.5 Å². The van der Waals surface area contributed by atoms with Gasteiger partial charge >= 0.3 is 0 Å². The van der Waals surface area contributed by atoms with Gasteiger partial charge in [0.05, 0.1) is 11.3 Å². The lowest BCUT2D eigenvalue weighted by Gasteiger charge is -2.13. The minimum Gasteiger partial charge on any atom is -0.489 e. The summed E-state index contributed by atoms with van der Waals surface area (Å²) in [5.41, 5.74) is 1.23. The Morgan fingerprint density at radius 2 is 2.25 bits per heavy atom. The van der Waals surface area contributed by atoms with Gasteiger partial charge in [-0.05, 0) is 12.1 Å². The van der Waals surface area contributed by atoms with Gasteiger partial charge < -0.3 is 19.7 Å². The van der Waals surface area contributed by atoms with Crippen LogP contribution in [0.1, 0.15) is 11.3 Å². The monoisotopic (exact) mass is 273 g/mol. The highest BCUT2D eigenvalue weighted by Gasteiger charge is 2.08. The van der Waals surface area contributed by atoms with E-state index in [1.807, 2.05) is 6.07 Å². The molecule has 0 aliphatic heterocycles. The van der Waals surface area contributed by atoms with Crippen LogP contribution in [-0.4, -0.2) is 29.5 Å². The molecule has 1 aromatic heterocycles. The Balaban J connectivity index is 1.72. The maximum atomic E-state index is 9.79. The lowest BCUT2D eigenvalue weighted by atomic mass is 10.2. The van der Waals surface area contributed by atoms with Crippen molar-refractivity contribution in [3.05, 3.63) is 47.9 Å². The summed E-state index contributed by atoms with van der Waals surface area (Å²) < 4.78 is 10.1. The normalized spacial score (nSPS) is 11.8. The van der Waals surface area contributed by atoms with Crippen LogP contribution in [0.3, 0.4) is 0 Å². The predicted octanol–water partition coefficient (Wildman–Crippen LogP) is 1.08. The van der Waals surface area contributed by atoms with Crippen LogP contribution in [0.5, 0.6) is 5.75 Å². The highest BCUT2D eigenvalue weighted by atomic mass is 16.5. The summed E-state index contributed by atoms with van der Waals surface area (Å²) in [4.78, 5) is 0. The fourth-order valence-corrected chi connectivity index (χ4v) is 1.63. The molecule has 104 valence electrons. The largest absolute Gasteiger partial charge is 0.489 e. The molecule has 2 aromatic rings. The predicted molar refractivity (Wildman–Crippen MR) is 70.9 cm³/mol. The highest BCUT2D eigenvalue weighted by molar-refractivity contribution is 5.42. The minimum atomic E-state index is -0.673. The maximum Gasteiger partial charge on any atom is 0.137 e. The molecule has 0 amide bonds. The van der Waals surface area contributed by atoms with E-state index in [0.29, 0.717) is 24.4 Å². The molecular weight excluding hydrogens is 258 g/mol. The van der Waals surface area contributed by atoms with E-state index in [9.17, 15) is 5.11 Å². The van der Waals surface area contributed by atoms with Crippen LogP contribution >= 0.6 is 0 Å². The van der Waals surface area contributed by atoms with Gasteiger partial charge in [0, 0.05) is 19.2 Å². The number of hydrogen-bond donors (Lipinski definition) is 2. The molecular formula is C14H15N3O3. The van der Waals surface area contributed by atoms with Gasteiger partial charge in [0.15, 0.2) is 0 Å². The van der Waals surface area contributed by atoms with Crippen LogP contribution in [0.4, 0.5) is 0 Å². The average molecular weight is 273 g/mol. The second-order valence-corrected chi connectivity index (χ2v) is 4.19. The molecule has 0 fully saturated rings. The number of ether oxygens (including phenoxy) is 1. The van der Waals surface area contributed by atoms with Crippen LogP contribution in [0.2, 0.25) is 0 Å². The van der Waals surface area contributed by atoms with E-state index in [1.54, 1.807) is 30.3 Å². The molecule has 20 heavy (non-hydrogen) atoms. The molecule has 1 heterocycles. The number of para-hydroxylation sites is 1. The molecule has 6 heteroatoms. The molecule has 6 nitrogen and oxygen atoms in total. The number of nitriles is 1. The van der Waals surface area contributed by atoms with E-state index < -0.39 is 6.10 Å². The summed E-state index contributed by atoms with van der Waals surface area (Å²) in [6, 6.07) is 10.7. The molecule has 0 aliphatic rings. The highest BCUT2D eigenvalue weighted by Crippen LogP contribution is 2.16. The zero-order valence-corrected chi connectivity index (χ0v) is 10.8. The number of benzene rings is 1. The SMILES string of the molecule is N#Cc1ccccc1OCC(O)CNCc1ccon1. The van der Waals surface area contributed by atoms with Crippen molar-refractivity contribution in [1.29, 1.82) is 5.26 Å². The summed E-state index contributed by atoms with van der Waals surface area (Å²) in [7, 11) is 0. The third-order valence-electron chi connectivity index (χ3n) is 2.62. The van der Waals surface area contributed by atoms with E-state index in [-0.39, 0.29) is 6.61 Å². The first-order chi connectivity index (χ1) is 9.79. The van der Waals surface area contributed by atoms with Gasteiger partial charge in [-0.25, -0.2) is 0 Å². The van der Waals surface area contributed by atoms with Gasteiger partial charge in [-0.3, -0.25) is 0 Å². The number of rotatable bonds is 7. The van der Waals surface area contributed by atoms with Gasteiger partial charge in [-0.2, -0.15) is 5.26 Å². The van der Waals surface area contributed by atoms with Gasteiger partial charge in [0.1, 0.15) is 30.8 Å². The lowest BCUT2D eigenvalue weighted by Crippen LogP contribution is -2.31. The molecule has 0 saturated heterocycles. The van der Waals surface area contributed by atoms with Gasteiger partial charge in [-0.15, -0.1) is 0 Å². The minimum absolute atomic E-state index is 0.116. The number of aliphatic hydroxyl groups excluding tert-OH is 1. The summed E-state index contributed by atoms with van der Waals surface area (Å²) in [6.45, 7) is 0.994. The lowest BCUT2D eigenvalue weighted by molar-refractivity contribution is 0.106. The Morgan fingerprint density at radius 3 is 3.00 bits per heavy atom. The number of nitrogens with zero attached hydrogens (tertiary/aromatic N) is 2. The maximum absolute atomic E-state index is 9.79. The number of hydrogen-bond acceptors (Lipinski definition) is 6. The van der Waals surface area contributed by atoms with Crippen molar-refractivity contribution in [3.8, 4) is 11.8 Å². The first-order valence-electron chi connectivity index (χ1n) is 6.19. The number of nitrogens with one attached hydrogen (secondary N) is 1. The summed E-state index contributed by atoms with van der Waals surface area (Å²) in [6.07, 6.45) is 0.823. The molecule has 0 saturated carbocycles. The third-order valence-corrected chi connectivity index (χ3v) is 2.62. The van der Waals surface area contributed by atoms with Crippen molar-refractivity contribution in [1.82, 2.24) is 10.5 Å². The van der Waals surface area contributed by atoms with Crippen molar-refractivity contribution < 1.29 is 14.4 Å². The third kappa shape index (κ3) is 4.09. The fourth-order valence-electron chi connectivity index (χ4n) is 1.63. The number of aromatic nitrogens is 1. The molecule has 0 aliphatic carbocycles. The fraction of sp³-hybridized carbons (Fsp3) is 0.286. The Kier molecular flexibility index (Phi) is 5.12. The van der Waals surface area contributed by atoms with Crippen molar-refractivity contribution in [3.63, 3.8) is 0 Å². The average Bonchev–Trinajstić information content (AvgIpc) is 2.98. The molecule has 1 atom stereocenters. The second-order valence-electron chi connectivity index (χ2n) is 4.19. The van der Waals surface area contributed by atoms with E-state index >= 15 is 0 Å². The molecule has 2 rings (SSSR count). The van der Waals surface area contributed by atoms with Gasteiger partial charge in [-0.1, -0.05) is 17.3 Å². The summed E-state index contributed by atoms with van der Waals surface area (Å²) >= 11 is 0. The molecule has 0 bridgehead atoms. The Labute approximate surface area is 116 Å². The quantitative estimate of drug-likeness (QED) is 0.784.